The molecule has 0 fully saturated rings. The van der Waals surface area contributed by atoms with Gasteiger partial charge in [0.1, 0.15) is 12.4 Å². The van der Waals surface area contributed by atoms with Gasteiger partial charge in [0.2, 0.25) is 0 Å². The molecule has 0 saturated carbocycles. The third-order valence-electron chi connectivity index (χ3n) is 3.07. The van der Waals surface area contributed by atoms with Gasteiger partial charge in [0.05, 0.1) is 6.61 Å². The molecule has 0 aromatic heterocycles. The minimum Gasteiger partial charge on any atom is -0.508 e. The molecule has 0 saturated heterocycles. The molecule has 1 rings (SSSR count). The number of aliphatic hydroxyl groups excluding tert-OH is 1. The average Bonchev–Trinajstić information content (AvgIpc) is 2.37. The Bertz CT molecular complexity index is 446. The van der Waals surface area contributed by atoms with Gasteiger partial charge in [-0.15, -0.1) is 0 Å². The van der Waals surface area contributed by atoms with Crippen LogP contribution in [0, 0.1) is 0 Å². The predicted molar refractivity (Wildman–Crippen MR) is 77.8 cm³/mol. The van der Waals surface area contributed by atoms with E-state index < -0.39 is 0 Å². The Labute approximate surface area is 120 Å². The maximum Gasteiger partial charge on any atom is 0.305 e. The SMILES string of the molecule is CC(C)(C)c1cc(CCCC(=O)OCCO)ccc1O. The standard InChI is InChI=1S/C16H24O4/c1-16(2,3)13-11-12(7-8-14(13)18)5-4-6-15(19)20-10-9-17/h7-8,11,17-18H,4-6,9-10H2,1-3H3. The summed E-state index contributed by atoms with van der Waals surface area (Å²) < 4.78 is 4.80. The van der Waals surface area contributed by atoms with Crippen molar-refractivity contribution < 1.29 is 19.7 Å². The number of phenolic OH excluding ortho intramolecular Hbond substituents is 1. The van der Waals surface area contributed by atoms with Crippen molar-refractivity contribution >= 4 is 5.97 Å². The number of benzene rings is 1. The van der Waals surface area contributed by atoms with Crippen LogP contribution >= 0.6 is 0 Å². The minimum atomic E-state index is -0.283. The van der Waals surface area contributed by atoms with Gasteiger partial charge in [-0.25, -0.2) is 0 Å². The number of hydrogen-bond donors (Lipinski definition) is 2. The fourth-order valence-electron chi connectivity index (χ4n) is 2.01. The van der Waals surface area contributed by atoms with E-state index in [0.717, 1.165) is 17.5 Å². The van der Waals surface area contributed by atoms with Gasteiger partial charge in [-0.3, -0.25) is 4.79 Å². The maximum absolute atomic E-state index is 11.3. The van der Waals surface area contributed by atoms with Crippen LogP contribution in [-0.2, 0) is 21.4 Å². The number of ether oxygens (including phenoxy) is 1. The van der Waals surface area contributed by atoms with E-state index in [1.54, 1.807) is 6.07 Å². The van der Waals surface area contributed by atoms with Gasteiger partial charge < -0.3 is 14.9 Å². The van der Waals surface area contributed by atoms with Crippen molar-refractivity contribution in [3.8, 4) is 5.75 Å². The average molecular weight is 280 g/mol. The smallest absolute Gasteiger partial charge is 0.305 e. The van der Waals surface area contributed by atoms with E-state index in [1.807, 2.05) is 12.1 Å². The lowest BCUT2D eigenvalue weighted by Crippen LogP contribution is -2.12. The van der Waals surface area contributed by atoms with Gasteiger partial charge in [0.25, 0.3) is 0 Å². The highest BCUT2D eigenvalue weighted by atomic mass is 16.5. The Kier molecular flexibility index (Phi) is 6.02. The molecule has 0 bridgehead atoms. The van der Waals surface area contributed by atoms with Gasteiger partial charge in [-0.05, 0) is 35.4 Å². The first-order chi connectivity index (χ1) is 9.34. The second-order valence-electron chi connectivity index (χ2n) is 5.90. The van der Waals surface area contributed by atoms with E-state index in [2.05, 4.69) is 20.8 Å². The molecule has 0 spiro atoms. The molecule has 0 heterocycles. The lowest BCUT2D eigenvalue weighted by Gasteiger charge is -2.21. The zero-order valence-electron chi connectivity index (χ0n) is 12.5. The summed E-state index contributed by atoms with van der Waals surface area (Å²) in [7, 11) is 0. The fourth-order valence-corrected chi connectivity index (χ4v) is 2.01. The van der Waals surface area contributed by atoms with Crippen molar-refractivity contribution in [1.29, 1.82) is 0 Å². The summed E-state index contributed by atoms with van der Waals surface area (Å²) in [5.74, 6) is 0.0254. The summed E-state index contributed by atoms with van der Waals surface area (Å²) in [6.45, 7) is 6.08. The zero-order chi connectivity index (χ0) is 15.2. The van der Waals surface area contributed by atoms with E-state index >= 15 is 0 Å². The Hall–Kier alpha value is -1.55. The molecule has 2 N–H and O–H groups in total. The quantitative estimate of drug-likeness (QED) is 0.786. The fraction of sp³-hybridized carbons (Fsp3) is 0.562. The first-order valence-corrected chi connectivity index (χ1v) is 6.93. The number of aromatic hydroxyl groups is 1. The molecule has 0 aliphatic carbocycles. The molecule has 1 aromatic rings. The highest BCUT2D eigenvalue weighted by molar-refractivity contribution is 5.69. The van der Waals surface area contributed by atoms with Crippen LogP contribution in [0.4, 0.5) is 0 Å². The number of aryl methyl sites for hydroxylation is 1. The molecular formula is C16H24O4. The number of rotatable bonds is 6. The molecule has 20 heavy (non-hydrogen) atoms. The molecule has 0 aliphatic heterocycles. The van der Waals surface area contributed by atoms with Gasteiger partial charge in [-0.1, -0.05) is 32.9 Å². The lowest BCUT2D eigenvalue weighted by molar-refractivity contribution is -0.144. The Balaban J connectivity index is 2.55. The summed E-state index contributed by atoms with van der Waals surface area (Å²) in [6.07, 6.45) is 1.79. The monoisotopic (exact) mass is 280 g/mol. The van der Waals surface area contributed by atoms with E-state index in [0.29, 0.717) is 18.6 Å². The molecule has 112 valence electrons. The van der Waals surface area contributed by atoms with Crippen molar-refractivity contribution in [2.45, 2.75) is 45.4 Å². The van der Waals surface area contributed by atoms with Crippen molar-refractivity contribution in [3.05, 3.63) is 29.3 Å². The van der Waals surface area contributed by atoms with Gasteiger partial charge >= 0.3 is 5.97 Å². The summed E-state index contributed by atoms with van der Waals surface area (Å²) in [4.78, 5) is 11.3. The number of hydrogen-bond acceptors (Lipinski definition) is 4. The second kappa shape index (κ2) is 7.29. The van der Waals surface area contributed by atoms with E-state index in [1.165, 1.54) is 0 Å². The first kappa shape index (κ1) is 16.5. The highest BCUT2D eigenvalue weighted by Crippen LogP contribution is 2.31. The van der Waals surface area contributed by atoms with Gasteiger partial charge in [0.15, 0.2) is 0 Å². The van der Waals surface area contributed by atoms with Crippen LogP contribution < -0.4 is 0 Å². The number of carbonyl (C=O) groups excluding carboxylic acids is 1. The van der Waals surface area contributed by atoms with Crippen LogP contribution in [0.1, 0.15) is 44.7 Å². The zero-order valence-corrected chi connectivity index (χ0v) is 12.5. The van der Waals surface area contributed by atoms with Crippen LogP contribution in [0.15, 0.2) is 18.2 Å². The number of esters is 1. The van der Waals surface area contributed by atoms with Crippen LogP contribution in [0.5, 0.6) is 5.75 Å². The maximum atomic E-state index is 11.3. The minimum absolute atomic E-state index is 0.0617. The van der Waals surface area contributed by atoms with Crippen LogP contribution in [0.2, 0.25) is 0 Å². The van der Waals surface area contributed by atoms with Crippen LogP contribution in [0.25, 0.3) is 0 Å². The normalized spacial score (nSPS) is 11.4. The third kappa shape index (κ3) is 5.21. The Morgan fingerprint density at radius 2 is 2.00 bits per heavy atom. The molecular weight excluding hydrogens is 256 g/mol. The molecule has 1 aromatic carbocycles. The summed E-state index contributed by atoms with van der Waals surface area (Å²) in [5, 5.41) is 18.4. The highest BCUT2D eigenvalue weighted by Gasteiger charge is 2.18. The van der Waals surface area contributed by atoms with E-state index in [9.17, 15) is 9.90 Å². The van der Waals surface area contributed by atoms with Crippen molar-refractivity contribution in [2.75, 3.05) is 13.2 Å². The molecule has 0 unspecified atom stereocenters. The Morgan fingerprint density at radius 3 is 2.60 bits per heavy atom. The largest absolute Gasteiger partial charge is 0.508 e. The molecule has 4 heteroatoms. The van der Waals surface area contributed by atoms with Crippen LogP contribution in [0.3, 0.4) is 0 Å². The third-order valence-corrected chi connectivity index (χ3v) is 3.07. The number of carbonyl (C=O) groups is 1. The molecule has 4 nitrogen and oxygen atoms in total. The number of aliphatic hydroxyl groups is 1. The molecule has 0 radical (unpaired) electrons. The summed E-state index contributed by atoms with van der Waals surface area (Å²) in [5.41, 5.74) is 1.90. The molecule has 0 amide bonds. The van der Waals surface area contributed by atoms with Crippen molar-refractivity contribution in [1.82, 2.24) is 0 Å². The van der Waals surface area contributed by atoms with Gasteiger partial charge in [0, 0.05) is 6.42 Å². The topological polar surface area (TPSA) is 66.8 Å². The molecule has 0 atom stereocenters. The number of phenols is 1. The van der Waals surface area contributed by atoms with Crippen molar-refractivity contribution in [3.63, 3.8) is 0 Å². The summed E-state index contributed by atoms with van der Waals surface area (Å²) >= 11 is 0. The summed E-state index contributed by atoms with van der Waals surface area (Å²) in [6, 6.07) is 5.58. The first-order valence-electron chi connectivity index (χ1n) is 6.93. The van der Waals surface area contributed by atoms with E-state index in [-0.39, 0.29) is 24.6 Å². The Morgan fingerprint density at radius 1 is 1.30 bits per heavy atom. The van der Waals surface area contributed by atoms with Gasteiger partial charge in [-0.2, -0.15) is 0 Å². The molecule has 0 aliphatic rings. The lowest BCUT2D eigenvalue weighted by atomic mass is 9.85. The van der Waals surface area contributed by atoms with E-state index in [4.69, 9.17) is 9.84 Å². The second-order valence-corrected chi connectivity index (χ2v) is 5.90. The van der Waals surface area contributed by atoms with Crippen molar-refractivity contribution in [2.24, 2.45) is 0 Å². The predicted octanol–water partition coefficient (Wildman–Crippen LogP) is 2.55. The van der Waals surface area contributed by atoms with Crippen LogP contribution in [-0.4, -0.2) is 29.4 Å².